The van der Waals surface area contributed by atoms with E-state index in [0.717, 1.165) is 0 Å². The van der Waals surface area contributed by atoms with Gasteiger partial charge in [0.2, 0.25) is 0 Å². The lowest BCUT2D eigenvalue weighted by atomic mass is 9.58. The molecule has 0 saturated carbocycles. The Hall–Kier alpha value is -4.07. The number of likely N-dealkylation sites (N-methyl/N-ethyl adjacent to an activating group) is 1. The van der Waals surface area contributed by atoms with Crippen LogP contribution < -0.4 is 15.2 Å². The highest BCUT2D eigenvalue weighted by Gasteiger charge is 2.56. The number of allylic oxidation sites excluding steroid dienone is 2. The number of ether oxygens (including phenoxy) is 2. The molecule has 0 radical (unpaired) electrons. The number of nitro groups is 1. The lowest BCUT2D eigenvalue weighted by Gasteiger charge is -2.44. The summed E-state index contributed by atoms with van der Waals surface area (Å²) in [5, 5.41) is 41.9. The third-order valence-electron chi connectivity index (χ3n) is 5.91. The molecule has 0 fully saturated rings. The van der Waals surface area contributed by atoms with Crippen LogP contribution in [0.25, 0.3) is 0 Å². The summed E-state index contributed by atoms with van der Waals surface area (Å²) in [6.07, 6.45) is 1.82. The highest BCUT2D eigenvalue weighted by atomic mass is 16.6. The molecule has 0 amide bonds. The number of hydrogen-bond donors (Lipinski definition) is 1. The summed E-state index contributed by atoms with van der Waals surface area (Å²) >= 11 is 0. The molecule has 3 rings (SSSR count). The van der Waals surface area contributed by atoms with Crippen LogP contribution in [-0.4, -0.2) is 44.2 Å². The predicted octanol–water partition coefficient (Wildman–Crippen LogP) is 1.97. The minimum atomic E-state index is -1.98. The van der Waals surface area contributed by atoms with Gasteiger partial charge in [0, 0.05) is 30.5 Å². The molecule has 2 N–H and O–H groups in total. The molecule has 2 unspecified atom stereocenters. The highest BCUT2D eigenvalue weighted by molar-refractivity contribution is 5.64. The Bertz CT molecular complexity index is 1120. The molecule has 1 heterocycles. The van der Waals surface area contributed by atoms with Crippen molar-refractivity contribution >= 4 is 5.69 Å². The van der Waals surface area contributed by atoms with E-state index < -0.39 is 22.2 Å². The summed E-state index contributed by atoms with van der Waals surface area (Å²) in [6, 6.07) is 8.61. The van der Waals surface area contributed by atoms with Crippen LogP contribution in [-0.2, 0) is 0 Å². The monoisotopic (exact) mass is 420 g/mol. The van der Waals surface area contributed by atoms with Crippen molar-refractivity contribution in [1.29, 1.82) is 15.8 Å². The van der Waals surface area contributed by atoms with E-state index in [1.54, 1.807) is 0 Å². The smallest absolute Gasteiger partial charge is 0.276 e. The fraction of sp³-hybridized carbons (Fsp3) is 0.381. The van der Waals surface area contributed by atoms with Gasteiger partial charge in [-0.1, -0.05) is 6.08 Å². The van der Waals surface area contributed by atoms with E-state index in [1.807, 2.05) is 36.2 Å². The number of nitrogens with zero attached hydrogens (tertiary/aromatic N) is 5. The van der Waals surface area contributed by atoms with Gasteiger partial charge in [-0.2, -0.15) is 15.8 Å². The first-order valence-electron chi connectivity index (χ1n) is 9.31. The molecule has 10 nitrogen and oxygen atoms in total. The molecule has 31 heavy (non-hydrogen) atoms. The van der Waals surface area contributed by atoms with Gasteiger partial charge in [0.15, 0.2) is 16.9 Å². The Kier molecular flexibility index (Phi) is 5.57. The number of methoxy groups -OCH3 is 2. The summed E-state index contributed by atoms with van der Waals surface area (Å²) in [5.74, 6) is -1.19. The Balaban J connectivity index is 2.45. The molecule has 0 saturated heterocycles. The number of hydrogen-bond acceptors (Lipinski definition) is 9. The van der Waals surface area contributed by atoms with Crippen molar-refractivity contribution in [3.8, 4) is 29.7 Å². The van der Waals surface area contributed by atoms with Crippen molar-refractivity contribution in [2.75, 3.05) is 34.4 Å². The third kappa shape index (κ3) is 3.13. The normalized spacial score (nSPS) is 22.3. The fourth-order valence-electron chi connectivity index (χ4n) is 4.46. The minimum absolute atomic E-state index is 0.0839. The van der Waals surface area contributed by atoms with Crippen molar-refractivity contribution in [3.63, 3.8) is 0 Å². The molecule has 0 spiro atoms. The van der Waals surface area contributed by atoms with Crippen LogP contribution in [0.15, 0.2) is 35.1 Å². The van der Waals surface area contributed by atoms with E-state index in [4.69, 9.17) is 15.2 Å². The highest BCUT2D eigenvalue weighted by Crippen LogP contribution is 2.56. The lowest BCUT2D eigenvalue weighted by Crippen LogP contribution is -2.47. The van der Waals surface area contributed by atoms with E-state index in [2.05, 4.69) is 0 Å². The molecule has 1 aliphatic carbocycles. The molecule has 158 valence electrons. The molecule has 2 aliphatic rings. The molecule has 2 atom stereocenters. The first-order valence-corrected chi connectivity index (χ1v) is 9.31. The van der Waals surface area contributed by atoms with Crippen LogP contribution in [0.4, 0.5) is 5.69 Å². The van der Waals surface area contributed by atoms with Gasteiger partial charge in [-0.3, -0.25) is 10.1 Å². The number of nitro benzene ring substituents is 1. The van der Waals surface area contributed by atoms with Crippen LogP contribution >= 0.6 is 0 Å². The first kappa shape index (κ1) is 21.6. The summed E-state index contributed by atoms with van der Waals surface area (Å²) in [7, 11) is 4.59. The molecule has 0 bridgehead atoms. The molecule has 10 heteroatoms. The fourth-order valence-corrected chi connectivity index (χ4v) is 4.46. The average Bonchev–Trinajstić information content (AvgIpc) is 2.77. The summed E-state index contributed by atoms with van der Waals surface area (Å²) in [6.45, 7) is 0.919. The molecule has 1 aromatic carbocycles. The van der Waals surface area contributed by atoms with Crippen molar-refractivity contribution in [3.05, 3.63) is 50.7 Å². The van der Waals surface area contributed by atoms with Crippen LogP contribution in [0.2, 0.25) is 0 Å². The third-order valence-corrected chi connectivity index (χ3v) is 5.91. The standard InChI is InChI=1S/C21H20N6O4/c1-26-5-4-12-14(8-22)20(25)21(10-23,11-24)19(15(12)9-26)13-6-17(30-2)18(31-3)7-16(13)27(28)29/h4,6-7,15,19H,5,9,25H2,1-3H3. The van der Waals surface area contributed by atoms with Crippen molar-refractivity contribution < 1.29 is 14.4 Å². The second kappa shape index (κ2) is 7.98. The van der Waals surface area contributed by atoms with Crippen molar-refractivity contribution in [2.45, 2.75) is 5.92 Å². The molecule has 1 aromatic rings. The zero-order chi connectivity index (χ0) is 22.9. The van der Waals surface area contributed by atoms with Crippen LogP contribution in [0.3, 0.4) is 0 Å². The lowest BCUT2D eigenvalue weighted by molar-refractivity contribution is -0.386. The SMILES string of the molecule is COc1cc(C2C3CN(C)CC=C3C(C#N)=C(N)C2(C#N)C#N)c([N+](=O)[O-])cc1OC. The molecular formula is C21H20N6O4. The average molecular weight is 420 g/mol. The zero-order valence-electron chi connectivity index (χ0n) is 17.2. The van der Waals surface area contributed by atoms with Gasteiger partial charge in [0.1, 0.15) is 6.07 Å². The first-order chi connectivity index (χ1) is 14.8. The number of fused-ring (bicyclic) bond motifs is 1. The molecule has 1 aliphatic heterocycles. The van der Waals surface area contributed by atoms with Gasteiger partial charge in [0.25, 0.3) is 5.69 Å². The maximum Gasteiger partial charge on any atom is 0.276 e. The second-order valence-electron chi connectivity index (χ2n) is 7.42. The molecule has 0 aromatic heterocycles. The van der Waals surface area contributed by atoms with Gasteiger partial charge in [-0.25, -0.2) is 0 Å². The second-order valence-corrected chi connectivity index (χ2v) is 7.42. The van der Waals surface area contributed by atoms with Gasteiger partial charge in [0.05, 0.1) is 48.6 Å². The number of nitriles is 3. The van der Waals surface area contributed by atoms with Gasteiger partial charge >= 0.3 is 0 Å². The quantitative estimate of drug-likeness (QED) is 0.566. The van der Waals surface area contributed by atoms with Crippen LogP contribution in [0.5, 0.6) is 11.5 Å². The van der Waals surface area contributed by atoms with Gasteiger partial charge < -0.3 is 20.1 Å². The van der Waals surface area contributed by atoms with Crippen LogP contribution in [0.1, 0.15) is 11.5 Å². The van der Waals surface area contributed by atoms with E-state index in [1.165, 1.54) is 26.4 Å². The Morgan fingerprint density at radius 2 is 1.84 bits per heavy atom. The Morgan fingerprint density at radius 1 is 1.23 bits per heavy atom. The topological polar surface area (TPSA) is 162 Å². The van der Waals surface area contributed by atoms with Crippen molar-refractivity contribution in [2.24, 2.45) is 17.1 Å². The zero-order valence-corrected chi connectivity index (χ0v) is 17.2. The number of rotatable bonds is 4. The Labute approximate surface area is 179 Å². The predicted molar refractivity (Wildman–Crippen MR) is 108 cm³/mol. The van der Waals surface area contributed by atoms with Crippen LogP contribution in [0, 0.1) is 55.4 Å². The summed E-state index contributed by atoms with van der Waals surface area (Å²) in [5.41, 5.74) is 4.55. The van der Waals surface area contributed by atoms with E-state index >= 15 is 0 Å². The van der Waals surface area contributed by atoms with E-state index in [-0.39, 0.29) is 34.0 Å². The summed E-state index contributed by atoms with van der Waals surface area (Å²) < 4.78 is 10.5. The Morgan fingerprint density at radius 3 is 2.35 bits per heavy atom. The van der Waals surface area contributed by atoms with Gasteiger partial charge in [-0.05, 0) is 18.7 Å². The molecular weight excluding hydrogens is 400 g/mol. The van der Waals surface area contributed by atoms with Gasteiger partial charge in [-0.15, -0.1) is 0 Å². The van der Waals surface area contributed by atoms with Crippen molar-refractivity contribution in [1.82, 2.24) is 4.90 Å². The maximum atomic E-state index is 12.0. The largest absolute Gasteiger partial charge is 0.493 e. The maximum absolute atomic E-state index is 12.0. The summed E-state index contributed by atoms with van der Waals surface area (Å²) in [4.78, 5) is 13.3. The number of nitrogens with two attached hydrogens (primary N) is 1. The van der Waals surface area contributed by atoms with E-state index in [0.29, 0.717) is 18.7 Å². The number of benzene rings is 1. The minimum Gasteiger partial charge on any atom is -0.493 e. The van der Waals surface area contributed by atoms with E-state index in [9.17, 15) is 25.9 Å².